The highest BCUT2D eigenvalue weighted by Crippen LogP contribution is 2.25. The van der Waals surface area contributed by atoms with Crippen LogP contribution < -0.4 is 10.6 Å². The van der Waals surface area contributed by atoms with Crippen LogP contribution in [0.25, 0.3) is 0 Å². The van der Waals surface area contributed by atoms with Crippen LogP contribution in [0.1, 0.15) is 43.2 Å². The van der Waals surface area contributed by atoms with Crippen molar-refractivity contribution >= 4 is 5.69 Å². The van der Waals surface area contributed by atoms with Crippen LogP contribution >= 0.6 is 0 Å². The van der Waals surface area contributed by atoms with Gasteiger partial charge in [0.25, 0.3) is 0 Å². The van der Waals surface area contributed by atoms with Gasteiger partial charge in [0, 0.05) is 25.4 Å². The fraction of sp³-hybridized carbons (Fsp3) is 0.625. The van der Waals surface area contributed by atoms with Gasteiger partial charge in [-0.3, -0.25) is 0 Å². The molecule has 0 saturated carbocycles. The largest absolute Gasteiger partial charge is 0.396 e. The maximum atomic E-state index is 8.71. The molecule has 1 aromatic rings. The molecule has 0 radical (unpaired) electrons. The van der Waals surface area contributed by atoms with Gasteiger partial charge in [-0.2, -0.15) is 0 Å². The van der Waals surface area contributed by atoms with Gasteiger partial charge >= 0.3 is 0 Å². The van der Waals surface area contributed by atoms with E-state index in [1.807, 2.05) is 0 Å². The standard InChI is InChI=1S/C16H26N2O/c19-12-4-2-1-3-10-17-13-15-8-5-7-14-9-6-11-18-16(14)15/h5,7-8,17-19H,1-4,6,9-13H2. The van der Waals surface area contributed by atoms with Crippen LogP contribution in [0, 0.1) is 0 Å². The minimum absolute atomic E-state index is 0.329. The summed E-state index contributed by atoms with van der Waals surface area (Å²) in [5.41, 5.74) is 4.22. The molecular formula is C16H26N2O. The smallest absolute Gasteiger partial charge is 0.0431 e. The number of aliphatic hydroxyl groups is 1. The van der Waals surface area contributed by atoms with Crippen LogP contribution in [0.5, 0.6) is 0 Å². The zero-order valence-corrected chi connectivity index (χ0v) is 11.8. The third-order valence-corrected chi connectivity index (χ3v) is 3.74. The van der Waals surface area contributed by atoms with E-state index >= 15 is 0 Å². The Bertz CT molecular complexity index is 379. The van der Waals surface area contributed by atoms with E-state index < -0.39 is 0 Å². The Hall–Kier alpha value is -1.06. The monoisotopic (exact) mass is 262 g/mol. The summed E-state index contributed by atoms with van der Waals surface area (Å²) in [5.74, 6) is 0. The molecule has 0 aromatic heterocycles. The maximum Gasteiger partial charge on any atom is 0.0431 e. The van der Waals surface area contributed by atoms with Crippen molar-refractivity contribution in [2.24, 2.45) is 0 Å². The van der Waals surface area contributed by atoms with E-state index in [1.54, 1.807) is 0 Å². The number of para-hydroxylation sites is 1. The fourth-order valence-corrected chi connectivity index (χ4v) is 2.67. The Morgan fingerprint density at radius 2 is 2.05 bits per heavy atom. The highest BCUT2D eigenvalue weighted by Gasteiger charge is 2.11. The van der Waals surface area contributed by atoms with Crippen LogP contribution in [0.4, 0.5) is 5.69 Å². The minimum Gasteiger partial charge on any atom is -0.396 e. The number of hydrogen-bond acceptors (Lipinski definition) is 3. The van der Waals surface area contributed by atoms with E-state index in [2.05, 4.69) is 28.8 Å². The van der Waals surface area contributed by atoms with Crippen molar-refractivity contribution in [1.82, 2.24) is 5.32 Å². The molecule has 0 saturated heterocycles. The Balaban J connectivity index is 1.71. The Labute approximate surface area is 116 Å². The summed E-state index contributed by atoms with van der Waals surface area (Å²) in [6.45, 7) is 3.45. The first kappa shape index (κ1) is 14.4. The average molecular weight is 262 g/mol. The number of aliphatic hydroxyl groups excluding tert-OH is 1. The van der Waals surface area contributed by atoms with E-state index in [4.69, 9.17) is 5.11 Å². The average Bonchev–Trinajstić information content (AvgIpc) is 2.46. The van der Waals surface area contributed by atoms with E-state index in [1.165, 1.54) is 42.5 Å². The number of fused-ring (bicyclic) bond motifs is 1. The summed E-state index contributed by atoms with van der Waals surface area (Å²) in [4.78, 5) is 0. The van der Waals surface area contributed by atoms with Crippen LogP contribution in [0.2, 0.25) is 0 Å². The molecule has 0 aliphatic carbocycles. The summed E-state index contributed by atoms with van der Waals surface area (Å²) >= 11 is 0. The predicted octanol–water partition coefficient (Wildman–Crippen LogP) is 2.69. The van der Waals surface area contributed by atoms with Crippen molar-refractivity contribution in [1.29, 1.82) is 0 Å². The van der Waals surface area contributed by atoms with Crippen LogP contribution in [0.3, 0.4) is 0 Å². The molecule has 0 bridgehead atoms. The molecule has 1 heterocycles. The van der Waals surface area contributed by atoms with E-state index in [-0.39, 0.29) is 0 Å². The summed E-state index contributed by atoms with van der Waals surface area (Å²) < 4.78 is 0. The van der Waals surface area contributed by atoms with Crippen molar-refractivity contribution in [2.75, 3.05) is 25.0 Å². The topological polar surface area (TPSA) is 44.3 Å². The second-order valence-electron chi connectivity index (χ2n) is 5.30. The highest BCUT2D eigenvalue weighted by atomic mass is 16.2. The van der Waals surface area contributed by atoms with Gasteiger partial charge in [-0.15, -0.1) is 0 Å². The molecule has 0 fully saturated rings. The quantitative estimate of drug-likeness (QED) is 0.631. The first-order valence-electron chi connectivity index (χ1n) is 7.58. The molecule has 1 aliphatic heterocycles. The van der Waals surface area contributed by atoms with Crippen molar-refractivity contribution < 1.29 is 5.11 Å². The van der Waals surface area contributed by atoms with Crippen LogP contribution in [0.15, 0.2) is 18.2 Å². The second kappa shape index (κ2) is 8.18. The maximum absolute atomic E-state index is 8.71. The number of unbranched alkanes of at least 4 members (excludes halogenated alkanes) is 3. The lowest BCUT2D eigenvalue weighted by Crippen LogP contribution is -2.19. The van der Waals surface area contributed by atoms with Gasteiger partial charge in [-0.1, -0.05) is 31.0 Å². The van der Waals surface area contributed by atoms with Crippen molar-refractivity contribution in [2.45, 2.75) is 45.1 Å². The molecule has 19 heavy (non-hydrogen) atoms. The number of hydrogen-bond donors (Lipinski definition) is 3. The van der Waals surface area contributed by atoms with Crippen molar-refractivity contribution in [3.63, 3.8) is 0 Å². The van der Waals surface area contributed by atoms with Gasteiger partial charge < -0.3 is 15.7 Å². The van der Waals surface area contributed by atoms with Crippen LogP contribution in [-0.2, 0) is 13.0 Å². The molecule has 0 atom stereocenters. The second-order valence-corrected chi connectivity index (χ2v) is 5.30. The van der Waals surface area contributed by atoms with E-state index in [9.17, 15) is 0 Å². The summed E-state index contributed by atoms with van der Waals surface area (Å²) in [6.07, 6.45) is 6.93. The Kier molecular flexibility index (Phi) is 6.18. The van der Waals surface area contributed by atoms with Gasteiger partial charge in [-0.05, 0) is 43.4 Å². The first-order chi connectivity index (χ1) is 9.42. The van der Waals surface area contributed by atoms with Gasteiger partial charge in [0.2, 0.25) is 0 Å². The lowest BCUT2D eigenvalue weighted by atomic mass is 9.99. The molecule has 106 valence electrons. The minimum atomic E-state index is 0.329. The lowest BCUT2D eigenvalue weighted by Gasteiger charge is -2.21. The van der Waals surface area contributed by atoms with Gasteiger partial charge in [-0.25, -0.2) is 0 Å². The van der Waals surface area contributed by atoms with Crippen molar-refractivity contribution in [3.8, 4) is 0 Å². The number of anilines is 1. The third-order valence-electron chi connectivity index (χ3n) is 3.74. The number of benzene rings is 1. The SMILES string of the molecule is OCCCCCCNCc1cccc2c1NCCC2. The normalized spacial score (nSPS) is 13.9. The predicted molar refractivity (Wildman–Crippen MR) is 80.5 cm³/mol. The summed E-state index contributed by atoms with van der Waals surface area (Å²) in [5, 5.41) is 15.8. The lowest BCUT2D eigenvalue weighted by molar-refractivity contribution is 0.282. The van der Waals surface area contributed by atoms with Gasteiger partial charge in [0.1, 0.15) is 0 Å². The van der Waals surface area contributed by atoms with Crippen LogP contribution in [-0.4, -0.2) is 24.8 Å². The molecule has 0 unspecified atom stereocenters. The molecule has 3 N–H and O–H groups in total. The Morgan fingerprint density at radius 1 is 1.16 bits per heavy atom. The third kappa shape index (κ3) is 4.51. The highest BCUT2D eigenvalue weighted by molar-refractivity contribution is 5.59. The first-order valence-corrected chi connectivity index (χ1v) is 7.58. The number of aryl methyl sites for hydroxylation is 1. The molecule has 0 spiro atoms. The van der Waals surface area contributed by atoms with Gasteiger partial charge in [0.15, 0.2) is 0 Å². The fourth-order valence-electron chi connectivity index (χ4n) is 2.67. The molecule has 3 nitrogen and oxygen atoms in total. The van der Waals surface area contributed by atoms with E-state index in [0.717, 1.165) is 32.5 Å². The summed E-state index contributed by atoms with van der Waals surface area (Å²) in [7, 11) is 0. The summed E-state index contributed by atoms with van der Waals surface area (Å²) in [6, 6.07) is 6.62. The molecule has 1 aromatic carbocycles. The molecule has 3 heteroatoms. The Morgan fingerprint density at radius 3 is 2.95 bits per heavy atom. The zero-order chi connectivity index (χ0) is 13.3. The van der Waals surface area contributed by atoms with Crippen molar-refractivity contribution in [3.05, 3.63) is 29.3 Å². The van der Waals surface area contributed by atoms with Gasteiger partial charge in [0.05, 0.1) is 0 Å². The number of nitrogens with one attached hydrogen (secondary N) is 2. The van der Waals surface area contributed by atoms with E-state index in [0.29, 0.717) is 6.61 Å². The molecule has 0 amide bonds. The molecule has 2 rings (SSSR count). The number of rotatable bonds is 8. The molecular weight excluding hydrogens is 236 g/mol. The zero-order valence-electron chi connectivity index (χ0n) is 11.8. The molecule has 1 aliphatic rings.